The highest BCUT2D eigenvalue weighted by atomic mass is 19.4. The molecule has 2 heterocycles. The number of nitrogens with one attached hydrogen (secondary N) is 1. The maximum atomic E-state index is 13.2. The predicted octanol–water partition coefficient (Wildman–Crippen LogP) is 5.97. The van der Waals surface area contributed by atoms with Gasteiger partial charge >= 0.3 is 6.18 Å². The molecule has 0 aliphatic carbocycles. The molecule has 39 heavy (non-hydrogen) atoms. The van der Waals surface area contributed by atoms with Crippen molar-refractivity contribution in [2.45, 2.75) is 25.7 Å². The Balaban J connectivity index is 1.26. The minimum Gasteiger partial charge on any atom is -0.484 e. The zero-order valence-corrected chi connectivity index (χ0v) is 20.9. The van der Waals surface area contributed by atoms with Crippen LogP contribution in [-0.4, -0.2) is 38.7 Å². The number of fused-ring (bicyclic) bond motifs is 1. The number of hydrogen-bond acceptors (Lipinski definition) is 5. The van der Waals surface area contributed by atoms with Crippen LogP contribution in [0.15, 0.2) is 91.4 Å². The number of alkyl halides is 3. The molecule has 0 radical (unpaired) electrons. The van der Waals surface area contributed by atoms with E-state index in [9.17, 15) is 18.0 Å². The fourth-order valence-corrected chi connectivity index (χ4v) is 4.18. The highest BCUT2D eigenvalue weighted by Crippen LogP contribution is 2.24. The third kappa shape index (κ3) is 6.40. The van der Waals surface area contributed by atoms with E-state index in [1.807, 2.05) is 42.6 Å². The second kappa shape index (κ2) is 10.9. The Morgan fingerprint density at radius 1 is 1.03 bits per heavy atom. The number of hydrogen-bond donors (Lipinski definition) is 1. The number of pyridine rings is 1. The fraction of sp³-hybridized carbons (Fsp3) is 0.172. The third-order valence-electron chi connectivity index (χ3n) is 6.20. The lowest BCUT2D eigenvalue weighted by molar-refractivity contribution is -0.153. The average molecular weight is 532 g/mol. The lowest BCUT2D eigenvalue weighted by atomic mass is 10.0. The first-order chi connectivity index (χ1) is 18.7. The molecule has 3 aromatic carbocycles. The molecule has 1 amide bonds. The number of ether oxygens (including phenoxy) is 1. The van der Waals surface area contributed by atoms with E-state index in [1.165, 1.54) is 12.1 Å². The summed E-state index contributed by atoms with van der Waals surface area (Å²) >= 11 is 0. The fourth-order valence-electron chi connectivity index (χ4n) is 4.18. The van der Waals surface area contributed by atoms with Crippen LogP contribution in [-0.2, 0) is 6.54 Å². The van der Waals surface area contributed by atoms with Crippen LogP contribution < -0.4 is 10.1 Å². The first-order valence-corrected chi connectivity index (χ1v) is 12.2. The molecule has 0 saturated heterocycles. The van der Waals surface area contributed by atoms with Crippen molar-refractivity contribution in [3.05, 3.63) is 108 Å². The molecule has 2 aromatic heterocycles. The molecule has 5 rings (SSSR count). The van der Waals surface area contributed by atoms with Crippen molar-refractivity contribution in [2.75, 3.05) is 6.61 Å². The SMILES string of the molecule is CC(NC(=O)c1ccccc1Cn1cc(-c2ccc3cnccc3c2)nn1)c1ccc(OCC(F)(F)F)cc1. The van der Waals surface area contributed by atoms with Crippen LogP contribution >= 0.6 is 0 Å². The summed E-state index contributed by atoms with van der Waals surface area (Å²) in [5.41, 5.74) is 3.62. The van der Waals surface area contributed by atoms with E-state index < -0.39 is 12.8 Å². The normalized spacial score (nSPS) is 12.3. The Morgan fingerprint density at radius 3 is 2.62 bits per heavy atom. The van der Waals surface area contributed by atoms with Crippen molar-refractivity contribution in [1.82, 2.24) is 25.3 Å². The second-order valence-corrected chi connectivity index (χ2v) is 9.06. The average Bonchev–Trinajstić information content (AvgIpc) is 3.40. The smallest absolute Gasteiger partial charge is 0.422 e. The van der Waals surface area contributed by atoms with Gasteiger partial charge in [0.15, 0.2) is 6.61 Å². The van der Waals surface area contributed by atoms with E-state index in [0.29, 0.717) is 17.8 Å². The van der Waals surface area contributed by atoms with Gasteiger partial charge in [-0.05, 0) is 53.8 Å². The van der Waals surface area contributed by atoms with Crippen LogP contribution in [0.3, 0.4) is 0 Å². The molecule has 7 nitrogen and oxygen atoms in total. The number of carbonyl (C=O) groups excluding carboxylic acids is 1. The van der Waals surface area contributed by atoms with Crippen LogP contribution in [0.4, 0.5) is 13.2 Å². The van der Waals surface area contributed by atoms with Crippen molar-refractivity contribution in [1.29, 1.82) is 0 Å². The topological polar surface area (TPSA) is 81.9 Å². The largest absolute Gasteiger partial charge is 0.484 e. The van der Waals surface area contributed by atoms with Crippen LogP contribution in [0, 0.1) is 0 Å². The molecule has 5 aromatic rings. The summed E-state index contributed by atoms with van der Waals surface area (Å²) in [5, 5.41) is 13.6. The first-order valence-electron chi connectivity index (χ1n) is 12.2. The van der Waals surface area contributed by atoms with E-state index in [2.05, 4.69) is 20.6 Å². The number of rotatable bonds is 8. The van der Waals surface area contributed by atoms with Crippen molar-refractivity contribution in [2.24, 2.45) is 0 Å². The quantitative estimate of drug-likeness (QED) is 0.267. The molecule has 0 bridgehead atoms. The third-order valence-corrected chi connectivity index (χ3v) is 6.20. The van der Waals surface area contributed by atoms with Gasteiger partial charge in [-0.2, -0.15) is 13.2 Å². The van der Waals surface area contributed by atoms with Gasteiger partial charge in [-0.3, -0.25) is 9.78 Å². The van der Waals surface area contributed by atoms with Crippen molar-refractivity contribution in [3.8, 4) is 17.0 Å². The Hall–Kier alpha value is -4.73. The molecule has 10 heteroatoms. The van der Waals surface area contributed by atoms with Gasteiger partial charge in [0.1, 0.15) is 11.4 Å². The number of carbonyl (C=O) groups is 1. The number of amides is 1. The number of halogens is 3. The Kier molecular flexibility index (Phi) is 7.27. The molecule has 0 saturated carbocycles. The second-order valence-electron chi connectivity index (χ2n) is 9.06. The molecule has 0 spiro atoms. The Bertz CT molecular complexity index is 1600. The Morgan fingerprint density at radius 2 is 1.82 bits per heavy atom. The number of nitrogens with zero attached hydrogens (tertiary/aromatic N) is 4. The minimum atomic E-state index is -4.41. The van der Waals surface area contributed by atoms with Crippen molar-refractivity contribution < 1.29 is 22.7 Å². The predicted molar refractivity (Wildman–Crippen MR) is 140 cm³/mol. The van der Waals surface area contributed by atoms with Gasteiger partial charge in [-0.1, -0.05) is 47.7 Å². The van der Waals surface area contributed by atoms with E-state index in [4.69, 9.17) is 4.74 Å². The van der Waals surface area contributed by atoms with E-state index >= 15 is 0 Å². The molecule has 1 N–H and O–H groups in total. The molecule has 0 aliphatic heterocycles. The maximum Gasteiger partial charge on any atom is 0.422 e. The van der Waals surface area contributed by atoms with Gasteiger partial charge in [-0.15, -0.1) is 5.10 Å². The van der Waals surface area contributed by atoms with E-state index in [-0.39, 0.29) is 17.7 Å². The summed E-state index contributed by atoms with van der Waals surface area (Å²) in [5.74, 6) is -0.174. The van der Waals surface area contributed by atoms with Crippen LogP contribution in [0.2, 0.25) is 0 Å². The Labute approximate surface area is 222 Å². The molecule has 0 aliphatic rings. The number of benzene rings is 3. The van der Waals surface area contributed by atoms with E-state index in [1.54, 1.807) is 48.3 Å². The molecule has 1 unspecified atom stereocenters. The van der Waals surface area contributed by atoms with Crippen LogP contribution in [0.5, 0.6) is 5.75 Å². The molecular formula is C29H24F3N5O2. The van der Waals surface area contributed by atoms with Crippen LogP contribution in [0.25, 0.3) is 22.0 Å². The van der Waals surface area contributed by atoms with Crippen molar-refractivity contribution in [3.63, 3.8) is 0 Å². The van der Waals surface area contributed by atoms with Gasteiger partial charge in [0.25, 0.3) is 5.91 Å². The summed E-state index contributed by atoms with van der Waals surface area (Å²) in [6, 6.07) is 20.9. The highest BCUT2D eigenvalue weighted by molar-refractivity contribution is 5.96. The van der Waals surface area contributed by atoms with Gasteiger partial charge in [-0.25, -0.2) is 4.68 Å². The maximum absolute atomic E-state index is 13.2. The zero-order valence-electron chi connectivity index (χ0n) is 20.9. The van der Waals surface area contributed by atoms with Gasteiger partial charge in [0.2, 0.25) is 0 Å². The summed E-state index contributed by atoms with van der Waals surface area (Å²) in [4.78, 5) is 17.3. The minimum absolute atomic E-state index is 0.104. The van der Waals surface area contributed by atoms with E-state index in [0.717, 1.165) is 27.5 Å². The summed E-state index contributed by atoms with van der Waals surface area (Å²) < 4.78 is 43.5. The lowest BCUT2D eigenvalue weighted by Crippen LogP contribution is -2.27. The number of aromatic nitrogens is 4. The molecule has 1 atom stereocenters. The molecule has 0 fully saturated rings. The molecule has 198 valence electrons. The van der Waals surface area contributed by atoms with Gasteiger partial charge < -0.3 is 10.1 Å². The summed E-state index contributed by atoms with van der Waals surface area (Å²) in [7, 11) is 0. The van der Waals surface area contributed by atoms with Crippen LogP contribution in [0.1, 0.15) is 34.5 Å². The van der Waals surface area contributed by atoms with Crippen molar-refractivity contribution >= 4 is 16.7 Å². The van der Waals surface area contributed by atoms with Gasteiger partial charge in [0.05, 0.1) is 18.8 Å². The standard InChI is InChI=1S/C29H24F3N5O2/c1-19(20-8-10-25(11-9-20)39-18-29(30,31)32)34-28(38)26-5-3-2-4-24(26)16-37-17-27(35-36-37)22-6-7-23-15-33-13-12-21(23)14-22/h2-15,17,19H,16,18H2,1H3,(H,34,38). The molecular weight excluding hydrogens is 507 g/mol. The lowest BCUT2D eigenvalue weighted by Gasteiger charge is -2.17. The van der Waals surface area contributed by atoms with Gasteiger partial charge in [0, 0.05) is 28.9 Å². The highest BCUT2D eigenvalue weighted by Gasteiger charge is 2.28. The zero-order chi connectivity index (χ0) is 27.4. The summed E-state index contributed by atoms with van der Waals surface area (Å²) in [6.07, 6.45) is 0.979. The monoisotopic (exact) mass is 531 g/mol. The summed E-state index contributed by atoms with van der Waals surface area (Å²) in [6.45, 7) is 0.784. The first kappa shape index (κ1) is 25.9.